The van der Waals surface area contributed by atoms with Gasteiger partial charge in [-0.1, -0.05) is 18.2 Å². The Morgan fingerprint density at radius 2 is 1.89 bits per heavy atom. The van der Waals surface area contributed by atoms with Crippen LogP contribution in [-0.2, 0) is 0 Å². The lowest BCUT2D eigenvalue weighted by Crippen LogP contribution is -2.02. The zero-order valence-corrected chi connectivity index (χ0v) is 10.3. The van der Waals surface area contributed by atoms with Crippen molar-refractivity contribution in [2.75, 3.05) is 0 Å². The van der Waals surface area contributed by atoms with E-state index in [1.165, 1.54) is 6.07 Å². The maximum atomic E-state index is 11.2. The van der Waals surface area contributed by atoms with Crippen LogP contribution in [0.15, 0.2) is 29.6 Å². The van der Waals surface area contributed by atoms with Gasteiger partial charge in [0.15, 0.2) is 0 Å². The molecule has 0 spiro atoms. The number of carboxylic acid groups (broad SMARTS) is 2. The second kappa shape index (κ2) is 4.62. The molecule has 0 aliphatic heterocycles. The summed E-state index contributed by atoms with van der Waals surface area (Å²) in [5.41, 5.74) is 2.04. The van der Waals surface area contributed by atoms with Gasteiger partial charge in [-0.2, -0.15) is 0 Å². The van der Waals surface area contributed by atoms with E-state index in [-0.39, 0.29) is 10.4 Å². The van der Waals surface area contributed by atoms with E-state index in [1.54, 1.807) is 30.5 Å². The molecule has 5 heteroatoms. The van der Waals surface area contributed by atoms with Gasteiger partial charge in [0.1, 0.15) is 4.88 Å². The van der Waals surface area contributed by atoms with E-state index in [0.29, 0.717) is 16.7 Å². The van der Waals surface area contributed by atoms with Crippen molar-refractivity contribution >= 4 is 23.3 Å². The molecule has 18 heavy (non-hydrogen) atoms. The Bertz CT molecular complexity index is 628. The molecule has 0 unspecified atom stereocenters. The molecule has 92 valence electrons. The fourth-order valence-corrected chi connectivity index (χ4v) is 2.53. The number of thiophene rings is 1. The van der Waals surface area contributed by atoms with Gasteiger partial charge in [-0.3, -0.25) is 0 Å². The van der Waals surface area contributed by atoms with E-state index in [1.807, 2.05) is 0 Å². The first-order valence-corrected chi connectivity index (χ1v) is 6.03. The topological polar surface area (TPSA) is 74.6 Å². The predicted molar refractivity (Wildman–Crippen MR) is 68.4 cm³/mol. The molecule has 0 saturated carbocycles. The Labute approximate surface area is 107 Å². The molecule has 2 N–H and O–H groups in total. The van der Waals surface area contributed by atoms with Crippen LogP contribution >= 0.6 is 11.3 Å². The number of benzene rings is 1. The van der Waals surface area contributed by atoms with Crippen LogP contribution in [0.5, 0.6) is 0 Å². The Hall–Kier alpha value is -2.14. The van der Waals surface area contributed by atoms with Gasteiger partial charge in [0.2, 0.25) is 0 Å². The van der Waals surface area contributed by atoms with Crippen LogP contribution in [-0.4, -0.2) is 22.2 Å². The first-order chi connectivity index (χ1) is 8.50. The molecular formula is C13H10O4S. The predicted octanol–water partition coefficient (Wildman–Crippen LogP) is 3.12. The van der Waals surface area contributed by atoms with Gasteiger partial charge < -0.3 is 10.2 Å². The van der Waals surface area contributed by atoms with E-state index in [9.17, 15) is 14.7 Å². The van der Waals surface area contributed by atoms with E-state index in [2.05, 4.69) is 0 Å². The lowest BCUT2D eigenvalue weighted by molar-refractivity contribution is 0.0689. The quantitative estimate of drug-likeness (QED) is 0.891. The fraction of sp³-hybridized carbons (Fsp3) is 0.0769. The lowest BCUT2D eigenvalue weighted by atomic mass is 9.98. The van der Waals surface area contributed by atoms with Gasteiger partial charge in [0, 0.05) is 0 Å². The molecule has 1 aromatic heterocycles. The van der Waals surface area contributed by atoms with Crippen LogP contribution in [0.3, 0.4) is 0 Å². The van der Waals surface area contributed by atoms with Crippen LogP contribution in [0.2, 0.25) is 0 Å². The molecule has 0 atom stereocenters. The number of carboxylic acids is 2. The molecule has 0 bridgehead atoms. The second-order valence-corrected chi connectivity index (χ2v) is 4.72. The normalized spacial score (nSPS) is 10.3. The van der Waals surface area contributed by atoms with Gasteiger partial charge in [0.05, 0.1) is 5.56 Å². The monoisotopic (exact) mass is 262 g/mol. The van der Waals surface area contributed by atoms with Gasteiger partial charge in [-0.25, -0.2) is 9.59 Å². The van der Waals surface area contributed by atoms with Gasteiger partial charge >= 0.3 is 11.9 Å². The summed E-state index contributed by atoms with van der Waals surface area (Å²) in [4.78, 5) is 22.3. The molecule has 1 heterocycles. The van der Waals surface area contributed by atoms with E-state index >= 15 is 0 Å². The Morgan fingerprint density at radius 1 is 1.17 bits per heavy atom. The van der Waals surface area contributed by atoms with Crippen molar-refractivity contribution in [3.05, 3.63) is 45.6 Å². The number of carbonyl (C=O) groups is 2. The number of aromatic carboxylic acids is 2. The van der Waals surface area contributed by atoms with Crippen molar-refractivity contribution in [3.63, 3.8) is 0 Å². The van der Waals surface area contributed by atoms with Crippen LogP contribution in [0.4, 0.5) is 0 Å². The Balaban J connectivity index is 2.59. The number of rotatable bonds is 3. The maximum Gasteiger partial charge on any atom is 0.345 e. The third-order valence-electron chi connectivity index (χ3n) is 2.61. The third-order valence-corrected chi connectivity index (χ3v) is 3.53. The standard InChI is InChI=1S/C13H10O4S/c1-7-3-2-4-9(11(7)13(16)17)8-5-10(12(14)15)18-6-8/h2-6H,1H3,(H,14,15)(H,16,17). The molecule has 4 nitrogen and oxygen atoms in total. The minimum absolute atomic E-state index is 0.197. The summed E-state index contributed by atoms with van der Waals surface area (Å²) >= 11 is 1.09. The maximum absolute atomic E-state index is 11.2. The summed E-state index contributed by atoms with van der Waals surface area (Å²) in [5, 5.41) is 19.7. The van der Waals surface area contributed by atoms with Crippen molar-refractivity contribution in [2.24, 2.45) is 0 Å². The average Bonchev–Trinajstić information content (AvgIpc) is 2.77. The Kier molecular flexibility index (Phi) is 3.16. The zero-order valence-electron chi connectivity index (χ0n) is 9.51. The number of hydrogen-bond donors (Lipinski definition) is 2. The van der Waals surface area contributed by atoms with Crippen molar-refractivity contribution in [1.29, 1.82) is 0 Å². The number of hydrogen-bond acceptors (Lipinski definition) is 3. The highest BCUT2D eigenvalue weighted by molar-refractivity contribution is 7.12. The molecule has 1 aromatic carbocycles. The Morgan fingerprint density at radius 3 is 2.44 bits per heavy atom. The molecule has 0 amide bonds. The minimum atomic E-state index is -1.01. The molecule has 0 fully saturated rings. The highest BCUT2D eigenvalue weighted by Gasteiger charge is 2.16. The highest BCUT2D eigenvalue weighted by atomic mass is 32.1. The summed E-state index contributed by atoms with van der Waals surface area (Å²) < 4.78 is 0. The van der Waals surface area contributed by atoms with Gasteiger partial charge in [0.25, 0.3) is 0 Å². The molecule has 2 aromatic rings. The van der Waals surface area contributed by atoms with Crippen molar-refractivity contribution in [3.8, 4) is 11.1 Å². The summed E-state index contributed by atoms with van der Waals surface area (Å²) in [6.07, 6.45) is 0. The SMILES string of the molecule is Cc1cccc(-c2csc(C(=O)O)c2)c1C(=O)O. The highest BCUT2D eigenvalue weighted by Crippen LogP contribution is 2.30. The fourth-order valence-electron chi connectivity index (χ4n) is 1.78. The van der Waals surface area contributed by atoms with Crippen LogP contribution < -0.4 is 0 Å². The average molecular weight is 262 g/mol. The molecular weight excluding hydrogens is 252 g/mol. The minimum Gasteiger partial charge on any atom is -0.478 e. The molecule has 0 aliphatic carbocycles. The van der Waals surface area contributed by atoms with Gasteiger partial charge in [-0.15, -0.1) is 11.3 Å². The first-order valence-electron chi connectivity index (χ1n) is 5.16. The second-order valence-electron chi connectivity index (χ2n) is 3.81. The van der Waals surface area contributed by atoms with Crippen molar-refractivity contribution in [2.45, 2.75) is 6.92 Å². The summed E-state index contributed by atoms with van der Waals surface area (Å²) in [6, 6.07) is 6.66. The summed E-state index contributed by atoms with van der Waals surface area (Å²) in [5.74, 6) is -2.01. The van der Waals surface area contributed by atoms with Crippen LogP contribution in [0.25, 0.3) is 11.1 Å². The summed E-state index contributed by atoms with van der Waals surface area (Å²) in [7, 11) is 0. The van der Waals surface area contributed by atoms with Crippen LogP contribution in [0, 0.1) is 6.92 Å². The largest absolute Gasteiger partial charge is 0.478 e. The smallest absolute Gasteiger partial charge is 0.345 e. The van der Waals surface area contributed by atoms with Crippen molar-refractivity contribution in [1.82, 2.24) is 0 Å². The molecule has 0 aliphatic rings. The third kappa shape index (κ3) is 2.12. The van der Waals surface area contributed by atoms with E-state index in [0.717, 1.165) is 11.3 Å². The number of aryl methyl sites for hydroxylation is 1. The first kappa shape index (κ1) is 12.3. The van der Waals surface area contributed by atoms with E-state index in [4.69, 9.17) is 5.11 Å². The zero-order chi connectivity index (χ0) is 13.3. The molecule has 2 rings (SSSR count). The van der Waals surface area contributed by atoms with Gasteiger partial charge in [-0.05, 0) is 35.1 Å². The summed E-state index contributed by atoms with van der Waals surface area (Å²) in [6.45, 7) is 1.72. The van der Waals surface area contributed by atoms with Crippen LogP contribution in [0.1, 0.15) is 25.6 Å². The van der Waals surface area contributed by atoms with E-state index < -0.39 is 11.9 Å². The van der Waals surface area contributed by atoms with Crippen molar-refractivity contribution < 1.29 is 19.8 Å². The molecule has 0 saturated heterocycles. The lowest BCUT2D eigenvalue weighted by Gasteiger charge is -2.06. The molecule has 0 radical (unpaired) electrons.